The average Bonchev–Trinajstić information content (AvgIpc) is 2.90. The summed E-state index contributed by atoms with van der Waals surface area (Å²) in [5.74, 6) is 0. The molecular formula is C15H17N3O3S. The Morgan fingerprint density at radius 2 is 2.05 bits per heavy atom. The van der Waals surface area contributed by atoms with Gasteiger partial charge < -0.3 is 10.2 Å². The number of para-hydroxylation sites is 1. The third-order valence-corrected chi connectivity index (χ3v) is 4.14. The summed E-state index contributed by atoms with van der Waals surface area (Å²) in [5.41, 5.74) is 0.501. The van der Waals surface area contributed by atoms with Gasteiger partial charge in [-0.1, -0.05) is 18.2 Å². The standard InChI is InChI=1S/C15H17N3O3S/c1-11-7-8-13(22-11)10-17(2)15(19)16-9-12-5-3-4-6-14(12)18(20)21/h3-8H,9-10H2,1-2H3,(H,16,19). The van der Waals surface area contributed by atoms with Crippen LogP contribution >= 0.6 is 11.3 Å². The van der Waals surface area contributed by atoms with E-state index in [-0.39, 0.29) is 18.3 Å². The Labute approximate surface area is 132 Å². The summed E-state index contributed by atoms with van der Waals surface area (Å²) < 4.78 is 0. The fraction of sp³-hybridized carbons (Fsp3) is 0.267. The van der Waals surface area contributed by atoms with E-state index in [0.29, 0.717) is 12.1 Å². The van der Waals surface area contributed by atoms with Crippen molar-refractivity contribution in [3.63, 3.8) is 0 Å². The Balaban J connectivity index is 1.93. The molecule has 1 N–H and O–H groups in total. The first-order chi connectivity index (χ1) is 10.5. The highest BCUT2D eigenvalue weighted by Crippen LogP contribution is 2.18. The van der Waals surface area contributed by atoms with E-state index in [0.717, 1.165) is 4.88 Å². The monoisotopic (exact) mass is 319 g/mol. The summed E-state index contributed by atoms with van der Waals surface area (Å²) in [4.78, 5) is 26.4. The Morgan fingerprint density at radius 1 is 1.32 bits per heavy atom. The molecule has 7 heteroatoms. The van der Waals surface area contributed by atoms with Crippen molar-refractivity contribution in [2.45, 2.75) is 20.0 Å². The molecule has 1 heterocycles. The third-order valence-electron chi connectivity index (χ3n) is 3.15. The number of carbonyl (C=O) groups excluding carboxylic acids is 1. The van der Waals surface area contributed by atoms with Gasteiger partial charge in [0.1, 0.15) is 0 Å². The number of nitrogens with zero attached hydrogens (tertiary/aromatic N) is 2. The molecule has 0 aliphatic heterocycles. The minimum Gasteiger partial charge on any atom is -0.334 e. The molecule has 0 atom stereocenters. The number of nitrogens with one attached hydrogen (secondary N) is 1. The Kier molecular flexibility index (Phi) is 5.11. The van der Waals surface area contributed by atoms with Crippen LogP contribution in [0.2, 0.25) is 0 Å². The van der Waals surface area contributed by atoms with E-state index in [4.69, 9.17) is 0 Å². The summed E-state index contributed by atoms with van der Waals surface area (Å²) in [6.45, 7) is 2.66. The van der Waals surface area contributed by atoms with Gasteiger partial charge in [-0.25, -0.2) is 4.79 Å². The van der Waals surface area contributed by atoms with Crippen molar-refractivity contribution < 1.29 is 9.72 Å². The molecule has 2 amide bonds. The van der Waals surface area contributed by atoms with E-state index >= 15 is 0 Å². The Bertz CT molecular complexity index is 684. The highest BCUT2D eigenvalue weighted by molar-refractivity contribution is 7.11. The zero-order valence-corrected chi connectivity index (χ0v) is 13.2. The zero-order valence-electron chi connectivity index (χ0n) is 12.4. The first-order valence-corrected chi connectivity index (χ1v) is 7.55. The lowest BCUT2D eigenvalue weighted by Crippen LogP contribution is -2.36. The lowest BCUT2D eigenvalue weighted by Gasteiger charge is -2.17. The molecule has 0 unspecified atom stereocenters. The van der Waals surface area contributed by atoms with Crippen molar-refractivity contribution in [3.8, 4) is 0 Å². The maximum atomic E-state index is 12.1. The number of benzene rings is 1. The summed E-state index contributed by atoms with van der Waals surface area (Å²) in [7, 11) is 1.70. The van der Waals surface area contributed by atoms with Crippen LogP contribution in [0.4, 0.5) is 10.5 Å². The maximum absolute atomic E-state index is 12.1. The molecule has 0 aliphatic rings. The molecule has 1 aromatic carbocycles. The molecular weight excluding hydrogens is 302 g/mol. The number of amides is 2. The molecule has 2 rings (SSSR count). The fourth-order valence-corrected chi connectivity index (χ4v) is 2.96. The van der Waals surface area contributed by atoms with Gasteiger partial charge in [-0.2, -0.15) is 0 Å². The van der Waals surface area contributed by atoms with Crippen LogP contribution in [-0.4, -0.2) is 22.9 Å². The van der Waals surface area contributed by atoms with Crippen LogP contribution in [0.3, 0.4) is 0 Å². The Hall–Kier alpha value is -2.41. The van der Waals surface area contributed by atoms with Crippen LogP contribution in [0.5, 0.6) is 0 Å². The minimum absolute atomic E-state index is 0.0133. The van der Waals surface area contributed by atoms with Gasteiger partial charge in [-0.15, -0.1) is 11.3 Å². The predicted octanol–water partition coefficient (Wildman–Crippen LogP) is 3.31. The summed E-state index contributed by atoms with van der Waals surface area (Å²) >= 11 is 1.64. The molecule has 2 aromatic rings. The molecule has 0 saturated carbocycles. The van der Waals surface area contributed by atoms with E-state index in [1.165, 1.54) is 10.9 Å². The lowest BCUT2D eigenvalue weighted by molar-refractivity contribution is -0.385. The van der Waals surface area contributed by atoms with Crippen LogP contribution in [0.25, 0.3) is 0 Å². The highest BCUT2D eigenvalue weighted by atomic mass is 32.1. The van der Waals surface area contributed by atoms with Gasteiger partial charge in [0.2, 0.25) is 0 Å². The van der Waals surface area contributed by atoms with Gasteiger partial charge in [0.05, 0.1) is 18.0 Å². The van der Waals surface area contributed by atoms with Gasteiger partial charge in [-0.3, -0.25) is 10.1 Å². The Morgan fingerprint density at radius 3 is 2.68 bits per heavy atom. The average molecular weight is 319 g/mol. The van der Waals surface area contributed by atoms with E-state index < -0.39 is 4.92 Å². The van der Waals surface area contributed by atoms with Crippen LogP contribution < -0.4 is 5.32 Å². The van der Waals surface area contributed by atoms with Crippen LogP contribution in [0.15, 0.2) is 36.4 Å². The van der Waals surface area contributed by atoms with Crippen LogP contribution in [0.1, 0.15) is 15.3 Å². The largest absolute Gasteiger partial charge is 0.334 e. The van der Waals surface area contributed by atoms with Crippen molar-refractivity contribution in [2.75, 3.05) is 7.05 Å². The minimum atomic E-state index is -0.445. The zero-order chi connectivity index (χ0) is 16.1. The summed E-state index contributed by atoms with van der Waals surface area (Å²) in [6.07, 6.45) is 0. The van der Waals surface area contributed by atoms with Gasteiger partial charge in [0, 0.05) is 28.4 Å². The van der Waals surface area contributed by atoms with Crippen molar-refractivity contribution in [3.05, 3.63) is 61.8 Å². The lowest BCUT2D eigenvalue weighted by atomic mass is 10.2. The number of carbonyl (C=O) groups is 1. The van der Waals surface area contributed by atoms with Crippen LogP contribution in [-0.2, 0) is 13.1 Å². The number of hydrogen-bond donors (Lipinski definition) is 1. The molecule has 0 saturated heterocycles. The second kappa shape index (κ2) is 7.04. The molecule has 0 bridgehead atoms. The van der Waals surface area contributed by atoms with E-state index in [2.05, 4.69) is 5.32 Å². The van der Waals surface area contributed by atoms with Crippen molar-refractivity contribution in [1.82, 2.24) is 10.2 Å². The smallest absolute Gasteiger partial charge is 0.317 e. The molecule has 0 radical (unpaired) electrons. The fourth-order valence-electron chi connectivity index (χ4n) is 2.02. The third kappa shape index (κ3) is 4.05. The molecule has 1 aromatic heterocycles. The molecule has 116 valence electrons. The second-order valence-electron chi connectivity index (χ2n) is 4.91. The van der Waals surface area contributed by atoms with Gasteiger partial charge >= 0.3 is 6.03 Å². The quantitative estimate of drug-likeness (QED) is 0.678. The number of urea groups is 1. The predicted molar refractivity (Wildman–Crippen MR) is 85.9 cm³/mol. The molecule has 22 heavy (non-hydrogen) atoms. The number of nitro groups is 1. The first-order valence-electron chi connectivity index (χ1n) is 6.74. The maximum Gasteiger partial charge on any atom is 0.317 e. The molecule has 0 fully saturated rings. The topological polar surface area (TPSA) is 75.5 Å². The number of aryl methyl sites for hydroxylation is 1. The van der Waals surface area contributed by atoms with Gasteiger partial charge in [-0.05, 0) is 19.1 Å². The van der Waals surface area contributed by atoms with Gasteiger partial charge in [0.15, 0.2) is 0 Å². The van der Waals surface area contributed by atoms with E-state index in [9.17, 15) is 14.9 Å². The van der Waals surface area contributed by atoms with E-state index in [1.54, 1.807) is 41.5 Å². The number of hydrogen-bond acceptors (Lipinski definition) is 4. The molecule has 6 nitrogen and oxygen atoms in total. The molecule has 0 spiro atoms. The van der Waals surface area contributed by atoms with E-state index in [1.807, 2.05) is 19.1 Å². The normalized spacial score (nSPS) is 10.3. The number of nitro benzene ring substituents is 1. The van der Waals surface area contributed by atoms with Crippen molar-refractivity contribution >= 4 is 23.1 Å². The van der Waals surface area contributed by atoms with Crippen LogP contribution in [0, 0.1) is 17.0 Å². The highest BCUT2D eigenvalue weighted by Gasteiger charge is 2.15. The van der Waals surface area contributed by atoms with Crippen molar-refractivity contribution in [1.29, 1.82) is 0 Å². The van der Waals surface area contributed by atoms with Gasteiger partial charge in [0.25, 0.3) is 5.69 Å². The SMILES string of the molecule is Cc1ccc(CN(C)C(=O)NCc2ccccc2[N+](=O)[O-])s1. The first kappa shape index (κ1) is 16.0. The second-order valence-corrected chi connectivity index (χ2v) is 6.29. The summed E-state index contributed by atoms with van der Waals surface area (Å²) in [5, 5.41) is 13.6. The number of thiophene rings is 1. The van der Waals surface area contributed by atoms with Crippen molar-refractivity contribution in [2.24, 2.45) is 0 Å². The molecule has 0 aliphatic carbocycles. The number of rotatable bonds is 5. The summed E-state index contributed by atoms with van der Waals surface area (Å²) in [6, 6.07) is 10.1.